The predicted molar refractivity (Wildman–Crippen MR) is 78.4 cm³/mol. The minimum absolute atomic E-state index is 0.281. The Morgan fingerprint density at radius 2 is 1.95 bits per heavy atom. The van der Waals surface area contributed by atoms with Gasteiger partial charge in [-0.3, -0.25) is 0 Å². The summed E-state index contributed by atoms with van der Waals surface area (Å²) in [6.07, 6.45) is 2.07. The van der Waals surface area contributed by atoms with Crippen LogP contribution in [0.4, 0.5) is 4.39 Å². The molecule has 0 unspecified atom stereocenters. The van der Waals surface area contributed by atoms with Crippen molar-refractivity contribution in [1.29, 1.82) is 0 Å². The van der Waals surface area contributed by atoms with Crippen LogP contribution >= 0.6 is 0 Å². The fourth-order valence-corrected chi connectivity index (χ4v) is 2.59. The van der Waals surface area contributed by atoms with E-state index in [0.29, 0.717) is 12.4 Å². The molecule has 3 rings (SSSR count). The monoisotopic (exact) mass is 269 g/mol. The largest absolute Gasteiger partial charge is 0.489 e. The number of halogens is 1. The first-order chi connectivity index (χ1) is 9.65. The summed E-state index contributed by atoms with van der Waals surface area (Å²) in [7, 11) is 2.03. The number of hydrogen-bond acceptors (Lipinski definition) is 1. The molecule has 0 spiro atoms. The van der Waals surface area contributed by atoms with Gasteiger partial charge in [-0.1, -0.05) is 24.3 Å². The van der Waals surface area contributed by atoms with Gasteiger partial charge in [0.15, 0.2) is 0 Å². The second kappa shape index (κ2) is 5.00. The van der Waals surface area contributed by atoms with E-state index in [4.69, 9.17) is 4.74 Å². The van der Waals surface area contributed by atoms with E-state index in [2.05, 4.69) is 29.8 Å². The third kappa shape index (κ3) is 2.27. The van der Waals surface area contributed by atoms with Crippen LogP contribution in [0, 0.1) is 12.7 Å². The van der Waals surface area contributed by atoms with Crippen molar-refractivity contribution in [3.63, 3.8) is 0 Å². The molecule has 0 amide bonds. The van der Waals surface area contributed by atoms with Gasteiger partial charge in [0, 0.05) is 30.3 Å². The minimum Gasteiger partial charge on any atom is -0.489 e. The van der Waals surface area contributed by atoms with Crippen molar-refractivity contribution in [2.75, 3.05) is 0 Å². The molecule has 0 saturated carbocycles. The highest BCUT2D eigenvalue weighted by molar-refractivity contribution is 5.86. The van der Waals surface area contributed by atoms with Gasteiger partial charge in [-0.15, -0.1) is 0 Å². The average Bonchev–Trinajstić information content (AvgIpc) is 2.75. The smallest absolute Gasteiger partial charge is 0.126 e. The summed E-state index contributed by atoms with van der Waals surface area (Å²) in [6.45, 7) is 2.53. The van der Waals surface area contributed by atoms with Crippen molar-refractivity contribution in [3.8, 4) is 5.75 Å². The fourth-order valence-electron chi connectivity index (χ4n) is 2.59. The molecule has 3 aromatic rings. The zero-order chi connectivity index (χ0) is 14.1. The van der Waals surface area contributed by atoms with E-state index in [1.54, 1.807) is 12.1 Å². The van der Waals surface area contributed by atoms with Gasteiger partial charge in [-0.05, 0) is 24.6 Å². The summed E-state index contributed by atoms with van der Waals surface area (Å²) in [5.74, 6) is 0.269. The molecule has 1 aromatic heterocycles. The van der Waals surface area contributed by atoms with Gasteiger partial charge < -0.3 is 9.30 Å². The van der Waals surface area contributed by atoms with Gasteiger partial charge in [0.1, 0.15) is 18.2 Å². The zero-order valence-corrected chi connectivity index (χ0v) is 11.6. The highest BCUT2D eigenvalue weighted by Crippen LogP contribution is 2.25. The topological polar surface area (TPSA) is 14.2 Å². The Balaban J connectivity index is 1.90. The lowest BCUT2D eigenvalue weighted by Gasteiger charge is -2.05. The maximum Gasteiger partial charge on any atom is 0.126 e. The van der Waals surface area contributed by atoms with Gasteiger partial charge >= 0.3 is 0 Å². The van der Waals surface area contributed by atoms with Crippen LogP contribution in [-0.4, -0.2) is 4.57 Å². The van der Waals surface area contributed by atoms with Gasteiger partial charge in [0.05, 0.1) is 5.52 Å². The summed E-state index contributed by atoms with van der Waals surface area (Å²) in [6, 6.07) is 12.5. The highest BCUT2D eigenvalue weighted by atomic mass is 19.1. The summed E-state index contributed by atoms with van der Waals surface area (Å²) >= 11 is 0. The van der Waals surface area contributed by atoms with Crippen molar-refractivity contribution < 1.29 is 9.13 Å². The normalized spacial score (nSPS) is 10.9. The molecule has 0 radical (unpaired) electrons. The van der Waals surface area contributed by atoms with E-state index in [1.807, 2.05) is 13.1 Å². The lowest BCUT2D eigenvalue weighted by molar-refractivity contribution is 0.306. The molecule has 3 heteroatoms. The number of nitrogens with zero attached hydrogens (tertiary/aromatic N) is 1. The second-order valence-electron chi connectivity index (χ2n) is 4.98. The van der Waals surface area contributed by atoms with Crippen LogP contribution in [0.25, 0.3) is 10.9 Å². The van der Waals surface area contributed by atoms with Gasteiger partial charge in [0.2, 0.25) is 0 Å². The Bertz CT molecular complexity index is 761. The van der Waals surface area contributed by atoms with Crippen LogP contribution in [0.2, 0.25) is 0 Å². The first-order valence-corrected chi connectivity index (χ1v) is 6.57. The molecule has 0 aliphatic carbocycles. The summed E-state index contributed by atoms with van der Waals surface area (Å²) in [5, 5.41) is 1.18. The number of ether oxygens (including phenoxy) is 1. The first-order valence-electron chi connectivity index (χ1n) is 6.57. The lowest BCUT2D eigenvalue weighted by atomic mass is 10.1. The Hall–Kier alpha value is -2.29. The minimum atomic E-state index is -0.281. The fraction of sp³-hybridized carbons (Fsp3) is 0.176. The quantitative estimate of drug-likeness (QED) is 0.695. The molecule has 0 aliphatic heterocycles. The third-order valence-corrected chi connectivity index (χ3v) is 3.48. The molecule has 0 aliphatic rings. The Kier molecular flexibility index (Phi) is 3.18. The highest BCUT2D eigenvalue weighted by Gasteiger charge is 2.09. The van der Waals surface area contributed by atoms with Gasteiger partial charge in [-0.25, -0.2) is 4.39 Å². The SMILES string of the molecule is Cc1cccc2c(COc3cccc(F)c3)cn(C)c12. The summed E-state index contributed by atoms with van der Waals surface area (Å²) in [4.78, 5) is 0. The van der Waals surface area contributed by atoms with E-state index in [1.165, 1.54) is 28.6 Å². The molecule has 0 atom stereocenters. The van der Waals surface area contributed by atoms with Crippen molar-refractivity contribution >= 4 is 10.9 Å². The second-order valence-corrected chi connectivity index (χ2v) is 4.98. The average molecular weight is 269 g/mol. The summed E-state index contributed by atoms with van der Waals surface area (Å²) < 4.78 is 20.9. The van der Waals surface area contributed by atoms with E-state index >= 15 is 0 Å². The predicted octanol–water partition coefficient (Wildman–Crippen LogP) is 4.20. The van der Waals surface area contributed by atoms with Crippen LogP contribution in [0.1, 0.15) is 11.1 Å². The number of aryl methyl sites for hydroxylation is 2. The van der Waals surface area contributed by atoms with E-state index in [0.717, 1.165) is 5.56 Å². The van der Waals surface area contributed by atoms with Crippen molar-refractivity contribution in [2.24, 2.45) is 7.05 Å². The van der Waals surface area contributed by atoms with Crippen molar-refractivity contribution in [3.05, 3.63) is 65.6 Å². The van der Waals surface area contributed by atoms with E-state index in [-0.39, 0.29) is 5.82 Å². The number of rotatable bonds is 3. The van der Waals surface area contributed by atoms with Gasteiger partial charge in [-0.2, -0.15) is 0 Å². The molecule has 0 N–H and O–H groups in total. The lowest BCUT2D eigenvalue weighted by Crippen LogP contribution is -1.94. The van der Waals surface area contributed by atoms with Crippen LogP contribution in [0.3, 0.4) is 0 Å². The number of aromatic nitrogens is 1. The van der Waals surface area contributed by atoms with Crippen molar-refractivity contribution in [1.82, 2.24) is 4.57 Å². The standard InChI is InChI=1S/C17H16FNO/c1-12-5-3-8-16-13(10-19(2)17(12)16)11-20-15-7-4-6-14(18)9-15/h3-10H,11H2,1-2H3. The maximum absolute atomic E-state index is 13.1. The molecule has 102 valence electrons. The van der Waals surface area contributed by atoms with Crippen LogP contribution in [-0.2, 0) is 13.7 Å². The van der Waals surface area contributed by atoms with Gasteiger partial charge in [0.25, 0.3) is 0 Å². The molecular weight excluding hydrogens is 253 g/mol. The molecule has 2 nitrogen and oxygen atoms in total. The first kappa shape index (κ1) is 12.7. The van der Waals surface area contributed by atoms with Crippen molar-refractivity contribution in [2.45, 2.75) is 13.5 Å². The Labute approximate surface area is 117 Å². The Morgan fingerprint density at radius 3 is 2.75 bits per heavy atom. The number of hydrogen-bond donors (Lipinski definition) is 0. The molecule has 0 fully saturated rings. The third-order valence-electron chi connectivity index (χ3n) is 3.48. The molecule has 20 heavy (non-hydrogen) atoms. The zero-order valence-electron chi connectivity index (χ0n) is 11.6. The van der Waals surface area contributed by atoms with Crippen LogP contribution in [0.5, 0.6) is 5.75 Å². The Morgan fingerprint density at radius 1 is 1.15 bits per heavy atom. The molecule has 0 saturated heterocycles. The van der Waals surface area contributed by atoms with Crippen LogP contribution < -0.4 is 4.74 Å². The number of fused-ring (bicyclic) bond motifs is 1. The molecular formula is C17H16FNO. The molecule has 2 aromatic carbocycles. The molecule has 1 heterocycles. The van der Waals surface area contributed by atoms with E-state index in [9.17, 15) is 4.39 Å². The maximum atomic E-state index is 13.1. The van der Waals surface area contributed by atoms with E-state index < -0.39 is 0 Å². The number of benzene rings is 2. The summed E-state index contributed by atoms with van der Waals surface area (Å²) in [5.41, 5.74) is 3.56. The number of para-hydroxylation sites is 1. The molecule has 0 bridgehead atoms. The van der Waals surface area contributed by atoms with Crippen LogP contribution in [0.15, 0.2) is 48.7 Å².